The molecule has 12 nitrogen and oxygen atoms in total. The summed E-state index contributed by atoms with van der Waals surface area (Å²) in [4.78, 5) is 54.9. The largest absolute Gasteiger partial charge is 0.469 e. The van der Waals surface area contributed by atoms with Gasteiger partial charge in [-0.05, 0) is 75.2 Å². The number of hydrogen-bond donors (Lipinski definition) is 2. The van der Waals surface area contributed by atoms with Crippen molar-refractivity contribution >= 4 is 35.5 Å². The van der Waals surface area contributed by atoms with Crippen molar-refractivity contribution in [3.8, 4) is 11.5 Å². The van der Waals surface area contributed by atoms with Gasteiger partial charge < -0.3 is 38.7 Å². The van der Waals surface area contributed by atoms with Crippen molar-refractivity contribution in [2.24, 2.45) is 5.92 Å². The van der Waals surface area contributed by atoms with Gasteiger partial charge in [-0.3, -0.25) is 19.2 Å². The number of hydrogen-bond acceptors (Lipinski definition) is 10. The highest BCUT2D eigenvalue weighted by Gasteiger charge is 2.41. The van der Waals surface area contributed by atoms with Gasteiger partial charge in [0, 0.05) is 30.6 Å². The highest BCUT2D eigenvalue weighted by atomic mass is 16.7. The number of aliphatic hydroxyl groups is 1. The van der Waals surface area contributed by atoms with Crippen molar-refractivity contribution in [3.63, 3.8) is 0 Å². The smallest absolute Gasteiger partial charge is 0.313 e. The van der Waals surface area contributed by atoms with Gasteiger partial charge in [0.1, 0.15) is 23.4 Å². The standard InChI is InChI=1S/C42H46N2O10/c1-27(44(22-12-15-28-13-8-6-9-14-28)40(48)38(46)33(25-37(45)50-5)41(49)54-42(2,3)4)32(29-18-20-34-36(23-29)52-26-51-34)24-31-19-21-35(53-31)39(47)43-30-16-10-7-11-17-30/h6-21,23,27,32-33,38,46H,22,24-26H2,1-5H3,(H,43,47)/t27-,32+,33?,38?/m1/s1. The molecule has 1 aliphatic heterocycles. The molecule has 4 atom stereocenters. The zero-order valence-corrected chi connectivity index (χ0v) is 31.0. The number of carbonyl (C=O) groups excluding carboxylic acids is 4. The first-order chi connectivity index (χ1) is 25.8. The second-order valence-electron chi connectivity index (χ2n) is 13.9. The Labute approximate surface area is 314 Å². The predicted molar refractivity (Wildman–Crippen MR) is 201 cm³/mol. The molecule has 0 spiro atoms. The monoisotopic (exact) mass is 738 g/mol. The molecule has 2 amide bonds. The molecule has 0 aliphatic carbocycles. The number of para-hydroxylation sites is 1. The van der Waals surface area contributed by atoms with Gasteiger partial charge in [0.2, 0.25) is 6.79 Å². The Balaban J connectivity index is 1.50. The first-order valence-corrected chi connectivity index (χ1v) is 17.7. The number of nitrogens with zero attached hydrogens (tertiary/aromatic N) is 1. The van der Waals surface area contributed by atoms with E-state index < -0.39 is 59.8 Å². The average molecular weight is 739 g/mol. The van der Waals surface area contributed by atoms with Gasteiger partial charge >= 0.3 is 11.9 Å². The van der Waals surface area contributed by atoms with E-state index in [9.17, 15) is 24.3 Å². The van der Waals surface area contributed by atoms with Crippen LogP contribution in [0.1, 0.15) is 67.5 Å². The Hall–Kier alpha value is -5.88. The highest BCUT2D eigenvalue weighted by Crippen LogP contribution is 2.38. The Bertz CT molecular complexity index is 1930. The summed E-state index contributed by atoms with van der Waals surface area (Å²) >= 11 is 0. The summed E-state index contributed by atoms with van der Waals surface area (Å²) in [6, 6.07) is 26.6. The number of aliphatic hydroxyl groups excluding tert-OH is 1. The number of ether oxygens (including phenoxy) is 4. The first-order valence-electron chi connectivity index (χ1n) is 17.7. The van der Waals surface area contributed by atoms with E-state index >= 15 is 0 Å². The van der Waals surface area contributed by atoms with E-state index in [-0.39, 0.29) is 25.5 Å². The van der Waals surface area contributed by atoms with Crippen LogP contribution < -0.4 is 14.8 Å². The number of fused-ring (bicyclic) bond motifs is 1. The molecule has 0 saturated heterocycles. The van der Waals surface area contributed by atoms with Gasteiger partial charge in [0.15, 0.2) is 17.3 Å². The van der Waals surface area contributed by atoms with Crippen molar-refractivity contribution in [2.75, 3.05) is 25.8 Å². The molecule has 3 aromatic carbocycles. The van der Waals surface area contributed by atoms with Gasteiger partial charge in [-0.2, -0.15) is 0 Å². The van der Waals surface area contributed by atoms with E-state index in [2.05, 4.69) is 5.32 Å². The van der Waals surface area contributed by atoms with Crippen LogP contribution in [0.2, 0.25) is 0 Å². The number of methoxy groups -OCH3 is 1. The zero-order chi connectivity index (χ0) is 38.8. The molecule has 0 fully saturated rings. The number of benzene rings is 3. The number of rotatable bonds is 15. The normalized spacial score (nSPS) is 14.5. The lowest BCUT2D eigenvalue weighted by Crippen LogP contribution is -2.51. The summed E-state index contributed by atoms with van der Waals surface area (Å²) in [7, 11) is 1.16. The molecule has 1 aliphatic rings. The van der Waals surface area contributed by atoms with Crippen molar-refractivity contribution in [1.82, 2.24) is 4.90 Å². The van der Waals surface area contributed by atoms with E-state index in [1.165, 1.54) is 4.90 Å². The molecule has 284 valence electrons. The lowest BCUT2D eigenvalue weighted by Gasteiger charge is -2.37. The third-order valence-electron chi connectivity index (χ3n) is 8.89. The number of amides is 2. The van der Waals surface area contributed by atoms with Gasteiger partial charge in [0.25, 0.3) is 11.8 Å². The van der Waals surface area contributed by atoms with Gasteiger partial charge in [-0.15, -0.1) is 0 Å². The fraction of sp³-hybridized carbons (Fsp3) is 0.333. The second kappa shape index (κ2) is 17.8. The van der Waals surface area contributed by atoms with Crippen LogP contribution in [0.25, 0.3) is 6.08 Å². The Morgan fingerprint density at radius 1 is 0.926 bits per heavy atom. The van der Waals surface area contributed by atoms with Crippen LogP contribution in [0.4, 0.5) is 5.69 Å². The van der Waals surface area contributed by atoms with Crippen LogP contribution in [0.5, 0.6) is 11.5 Å². The molecule has 5 rings (SSSR count). The quantitative estimate of drug-likeness (QED) is 0.131. The molecule has 1 aromatic heterocycles. The molecule has 0 saturated carbocycles. The van der Waals surface area contributed by atoms with Crippen LogP contribution >= 0.6 is 0 Å². The number of nitrogens with one attached hydrogen (secondary N) is 1. The summed E-state index contributed by atoms with van der Waals surface area (Å²) in [6.07, 6.45) is 1.32. The number of furan rings is 1. The van der Waals surface area contributed by atoms with E-state index in [0.29, 0.717) is 22.9 Å². The molecule has 12 heteroatoms. The maximum Gasteiger partial charge on any atom is 0.313 e. The lowest BCUT2D eigenvalue weighted by molar-refractivity contribution is -0.172. The maximum atomic E-state index is 14.5. The summed E-state index contributed by atoms with van der Waals surface area (Å²) in [6.45, 7) is 6.86. The van der Waals surface area contributed by atoms with Crippen LogP contribution in [0.3, 0.4) is 0 Å². The molecule has 2 heterocycles. The minimum Gasteiger partial charge on any atom is -0.469 e. The highest BCUT2D eigenvalue weighted by molar-refractivity contribution is 6.02. The average Bonchev–Trinajstić information content (AvgIpc) is 3.83. The fourth-order valence-corrected chi connectivity index (χ4v) is 6.10. The number of esters is 2. The van der Waals surface area contributed by atoms with Gasteiger partial charge in [-0.1, -0.05) is 66.7 Å². The first kappa shape index (κ1) is 39.3. The van der Waals surface area contributed by atoms with Crippen LogP contribution in [-0.4, -0.2) is 72.0 Å². The van der Waals surface area contributed by atoms with E-state index in [1.54, 1.807) is 57.2 Å². The third kappa shape index (κ3) is 10.4. The Kier molecular flexibility index (Phi) is 12.9. The minimum absolute atomic E-state index is 0.0230. The topological polar surface area (TPSA) is 154 Å². The van der Waals surface area contributed by atoms with E-state index in [4.69, 9.17) is 23.4 Å². The van der Waals surface area contributed by atoms with Crippen molar-refractivity contribution in [1.29, 1.82) is 0 Å². The SMILES string of the molecule is COC(=O)CC(C(=O)OC(C)(C)C)C(O)C(=O)N(CC=Cc1ccccc1)[C@H](C)[C@H](Cc1ccc(C(=O)Nc2ccccc2)o1)c1ccc2c(c1)OCO2. The van der Waals surface area contributed by atoms with Crippen LogP contribution in [0, 0.1) is 5.92 Å². The molecule has 2 unspecified atom stereocenters. The predicted octanol–water partition coefficient (Wildman–Crippen LogP) is 6.40. The molecule has 2 N–H and O–H groups in total. The molecular weight excluding hydrogens is 692 g/mol. The fourth-order valence-electron chi connectivity index (χ4n) is 6.10. The molecule has 4 aromatic rings. The summed E-state index contributed by atoms with van der Waals surface area (Å²) < 4.78 is 27.6. The van der Waals surface area contributed by atoms with E-state index in [1.807, 2.05) is 73.7 Å². The van der Waals surface area contributed by atoms with E-state index in [0.717, 1.165) is 18.2 Å². The van der Waals surface area contributed by atoms with Gasteiger partial charge in [0.05, 0.1) is 13.5 Å². The second-order valence-corrected chi connectivity index (χ2v) is 13.9. The van der Waals surface area contributed by atoms with Crippen molar-refractivity contribution < 1.29 is 47.6 Å². The summed E-state index contributed by atoms with van der Waals surface area (Å²) in [5.74, 6) is -3.31. The number of anilines is 1. The minimum atomic E-state index is -1.96. The zero-order valence-electron chi connectivity index (χ0n) is 31.0. The Morgan fingerprint density at radius 2 is 1.61 bits per heavy atom. The van der Waals surface area contributed by atoms with Crippen molar-refractivity contribution in [3.05, 3.63) is 120 Å². The molecule has 0 radical (unpaired) electrons. The maximum absolute atomic E-state index is 14.5. The molecule has 54 heavy (non-hydrogen) atoms. The Morgan fingerprint density at radius 3 is 2.30 bits per heavy atom. The molecular formula is C42H46N2O10. The van der Waals surface area contributed by atoms with Crippen molar-refractivity contribution in [2.45, 2.75) is 64.2 Å². The van der Waals surface area contributed by atoms with Gasteiger partial charge in [-0.25, -0.2) is 0 Å². The summed E-state index contributed by atoms with van der Waals surface area (Å²) in [5.41, 5.74) is 1.31. The lowest BCUT2D eigenvalue weighted by atomic mass is 9.86. The molecule has 0 bridgehead atoms. The van der Waals surface area contributed by atoms with Crippen LogP contribution in [-0.2, 0) is 30.3 Å². The van der Waals surface area contributed by atoms with Crippen LogP contribution in [0.15, 0.2) is 101 Å². The summed E-state index contributed by atoms with van der Waals surface area (Å²) in [5, 5.41) is 14.5. The number of carbonyl (C=O) groups is 4. The third-order valence-corrected chi connectivity index (χ3v) is 8.89.